The molecule has 2 aromatic heterocycles. The molecule has 6 rings (SSSR count). The molecule has 0 saturated carbocycles. The first kappa shape index (κ1) is 22.0. The monoisotopic (exact) mass is 483 g/mol. The van der Waals surface area contributed by atoms with Crippen LogP contribution in [0.25, 0.3) is 10.8 Å². The van der Waals surface area contributed by atoms with Crippen molar-refractivity contribution < 1.29 is 22.3 Å². The highest BCUT2D eigenvalue weighted by Crippen LogP contribution is 2.38. The zero-order valence-electron chi connectivity index (χ0n) is 19.4. The van der Waals surface area contributed by atoms with Crippen molar-refractivity contribution in [3.8, 4) is 0 Å². The number of hydrogen-bond donors (Lipinski definition) is 0. The lowest BCUT2D eigenvalue weighted by molar-refractivity contribution is -0.144. The summed E-state index contributed by atoms with van der Waals surface area (Å²) in [5.41, 5.74) is 2.17. The van der Waals surface area contributed by atoms with Crippen LogP contribution in [-0.2, 0) is 32.5 Å². The Morgan fingerprint density at radius 2 is 1.91 bits per heavy atom. The molecule has 3 aliphatic rings. The lowest BCUT2D eigenvalue weighted by Gasteiger charge is -2.32. The normalized spacial score (nSPS) is 25.2. The van der Waals surface area contributed by atoms with Gasteiger partial charge in [0, 0.05) is 67.0 Å². The molecule has 1 aromatic carbocycles. The summed E-state index contributed by atoms with van der Waals surface area (Å²) in [6.45, 7) is 6.04. The maximum absolute atomic E-state index is 13.8. The molecule has 0 radical (unpaired) electrons. The summed E-state index contributed by atoms with van der Waals surface area (Å²) < 4.78 is 46.7. The third kappa shape index (κ3) is 3.71. The molecular formula is C25H29N3O5S. The molecule has 3 aromatic rings. The van der Waals surface area contributed by atoms with Gasteiger partial charge in [0.15, 0.2) is 5.79 Å². The zero-order valence-corrected chi connectivity index (χ0v) is 20.3. The van der Waals surface area contributed by atoms with Crippen LogP contribution in [0.3, 0.4) is 0 Å². The van der Waals surface area contributed by atoms with Gasteiger partial charge in [0.1, 0.15) is 11.9 Å². The van der Waals surface area contributed by atoms with Gasteiger partial charge in [-0.3, -0.25) is 4.98 Å². The average Bonchev–Trinajstić information content (AvgIpc) is 3.32. The number of furan rings is 1. The third-order valence-electron chi connectivity index (χ3n) is 7.08. The number of benzene rings is 1. The van der Waals surface area contributed by atoms with Crippen LogP contribution in [0.4, 0.5) is 5.69 Å². The summed E-state index contributed by atoms with van der Waals surface area (Å²) in [5, 5.41) is 1.53. The second-order valence-electron chi connectivity index (χ2n) is 9.76. The second-order valence-corrected chi connectivity index (χ2v) is 11.7. The SMILES string of the molecule is CC1(C)O[C@H]2CN(S(=O)(=O)c3ccc(N4CCCc5occc5C4)c4cnccc34)CC[C@H]2O1. The minimum Gasteiger partial charge on any atom is -0.469 e. The maximum atomic E-state index is 13.8. The summed E-state index contributed by atoms with van der Waals surface area (Å²) in [6, 6.07) is 7.49. The first-order valence-electron chi connectivity index (χ1n) is 11.8. The molecule has 2 saturated heterocycles. The highest BCUT2D eigenvalue weighted by Gasteiger charge is 2.46. The Morgan fingerprint density at radius 3 is 2.79 bits per heavy atom. The van der Waals surface area contributed by atoms with Crippen LogP contribution in [0.15, 0.2) is 52.2 Å². The molecule has 0 aliphatic carbocycles. The van der Waals surface area contributed by atoms with E-state index in [1.807, 2.05) is 26.0 Å². The minimum absolute atomic E-state index is 0.0689. The van der Waals surface area contributed by atoms with E-state index < -0.39 is 15.8 Å². The van der Waals surface area contributed by atoms with Gasteiger partial charge in [0.25, 0.3) is 0 Å². The van der Waals surface area contributed by atoms with Crippen LogP contribution in [-0.4, -0.2) is 55.3 Å². The van der Waals surface area contributed by atoms with Gasteiger partial charge in [-0.2, -0.15) is 4.31 Å². The quantitative estimate of drug-likeness (QED) is 0.562. The smallest absolute Gasteiger partial charge is 0.243 e. The topological polar surface area (TPSA) is 85.1 Å². The van der Waals surface area contributed by atoms with Crippen molar-refractivity contribution >= 4 is 26.5 Å². The van der Waals surface area contributed by atoms with Crippen molar-refractivity contribution in [3.05, 3.63) is 54.2 Å². The molecule has 0 N–H and O–H groups in total. The molecule has 0 unspecified atom stereocenters. The van der Waals surface area contributed by atoms with Crippen molar-refractivity contribution in [2.24, 2.45) is 0 Å². The van der Waals surface area contributed by atoms with Gasteiger partial charge in [-0.05, 0) is 51.0 Å². The van der Waals surface area contributed by atoms with Crippen LogP contribution in [0.2, 0.25) is 0 Å². The summed E-state index contributed by atoms with van der Waals surface area (Å²) >= 11 is 0. The van der Waals surface area contributed by atoms with Crippen molar-refractivity contribution in [1.29, 1.82) is 0 Å². The third-order valence-corrected chi connectivity index (χ3v) is 9.00. The van der Waals surface area contributed by atoms with E-state index in [2.05, 4.69) is 9.88 Å². The largest absolute Gasteiger partial charge is 0.469 e. The fourth-order valence-corrected chi connectivity index (χ4v) is 7.19. The Hall–Kier alpha value is -2.46. The molecule has 8 nitrogen and oxygen atoms in total. The number of aromatic nitrogens is 1. The Kier molecular flexibility index (Phi) is 5.22. The zero-order chi connectivity index (χ0) is 23.5. The number of piperidine rings is 1. The highest BCUT2D eigenvalue weighted by molar-refractivity contribution is 7.89. The molecule has 0 spiro atoms. The number of rotatable bonds is 3. The minimum atomic E-state index is -3.72. The molecule has 0 bridgehead atoms. The molecule has 3 aliphatic heterocycles. The first-order valence-corrected chi connectivity index (χ1v) is 13.3. The molecular weight excluding hydrogens is 454 g/mol. The Balaban J connectivity index is 1.35. The summed E-state index contributed by atoms with van der Waals surface area (Å²) in [6.07, 6.45) is 7.34. The molecule has 5 heterocycles. The van der Waals surface area contributed by atoms with Gasteiger partial charge >= 0.3 is 0 Å². The van der Waals surface area contributed by atoms with Crippen molar-refractivity contribution in [3.63, 3.8) is 0 Å². The van der Waals surface area contributed by atoms with Crippen LogP contribution in [0, 0.1) is 0 Å². The predicted octanol–water partition coefficient (Wildman–Crippen LogP) is 3.70. The molecule has 2 atom stereocenters. The molecule has 0 amide bonds. The van der Waals surface area contributed by atoms with E-state index in [0.29, 0.717) is 29.8 Å². The molecule has 180 valence electrons. The van der Waals surface area contributed by atoms with Gasteiger partial charge in [-0.15, -0.1) is 0 Å². The summed E-state index contributed by atoms with van der Waals surface area (Å²) in [7, 11) is -3.72. The van der Waals surface area contributed by atoms with Crippen LogP contribution in [0.5, 0.6) is 0 Å². The number of anilines is 1. The van der Waals surface area contributed by atoms with E-state index in [1.165, 1.54) is 9.87 Å². The van der Waals surface area contributed by atoms with E-state index >= 15 is 0 Å². The number of pyridine rings is 1. The molecule has 34 heavy (non-hydrogen) atoms. The number of ether oxygens (including phenoxy) is 2. The van der Waals surface area contributed by atoms with Crippen LogP contribution >= 0.6 is 0 Å². The van der Waals surface area contributed by atoms with Gasteiger partial charge < -0.3 is 18.8 Å². The summed E-state index contributed by atoms with van der Waals surface area (Å²) in [5.74, 6) is 0.353. The number of sulfonamides is 1. The van der Waals surface area contributed by atoms with Crippen LogP contribution < -0.4 is 4.90 Å². The Bertz CT molecular complexity index is 1340. The lowest BCUT2D eigenvalue weighted by atomic mass is 10.1. The average molecular weight is 484 g/mol. The van der Waals surface area contributed by atoms with E-state index in [1.54, 1.807) is 30.8 Å². The van der Waals surface area contributed by atoms with Gasteiger partial charge in [-0.1, -0.05) is 0 Å². The van der Waals surface area contributed by atoms with E-state index in [9.17, 15) is 8.42 Å². The fraction of sp³-hybridized carbons (Fsp3) is 0.480. The van der Waals surface area contributed by atoms with Gasteiger partial charge in [-0.25, -0.2) is 8.42 Å². The summed E-state index contributed by atoms with van der Waals surface area (Å²) in [4.78, 5) is 6.93. The van der Waals surface area contributed by atoms with Crippen LogP contribution in [0.1, 0.15) is 38.0 Å². The second kappa shape index (κ2) is 8.05. The van der Waals surface area contributed by atoms with Crippen molar-refractivity contribution in [1.82, 2.24) is 9.29 Å². The first-order chi connectivity index (χ1) is 16.3. The van der Waals surface area contributed by atoms with Gasteiger partial charge in [0.2, 0.25) is 10.0 Å². The maximum Gasteiger partial charge on any atom is 0.243 e. The highest BCUT2D eigenvalue weighted by atomic mass is 32.2. The fourth-order valence-electron chi connectivity index (χ4n) is 5.53. The van der Waals surface area contributed by atoms with E-state index in [-0.39, 0.29) is 12.2 Å². The standard InChI is InChI=1S/C25H29N3O5S/c1-25(2)32-22-8-12-28(16-23(22)33-25)34(29,30)24-6-5-20(19-14-26-10-7-18(19)24)27-11-3-4-21-17(15-27)9-13-31-21/h5-7,9-10,13-14,22-23H,3-4,8,11-12,15-16H2,1-2H3/t22-,23+/m1/s1. The van der Waals surface area contributed by atoms with Crippen molar-refractivity contribution in [2.45, 2.75) is 62.5 Å². The molecule has 9 heteroatoms. The van der Waals surface area contributed by atoms with Crippen molar-refractivity contribution in [2.75, 3.05) is 24.5 Å². The number of nitrogens with zero attached hydrogens (tertiary/aromatic N) is 3. The number of fused-ring (bicyclic) bond motifs is 3. The number of aryl methyl sites for hydroxylation is 1. The van der Waals surface area contributed by atoms with E-state index in [4.69, 9.17) is 13.9 Å². The lowest BCUT2D eigenvalue weighted by Crippen LogP contribution is -2.47. The Labute approximate surface area is 199 Å². The number of hydrogen-bond acceptors (Lipinski definition) is 7. The molecule has 2 fully saturated rings. The van der Waals surface area contributed by atoms with E-state index in [0.717, 1.165) is 42.8 Å². The predicted molar refractivity (Wildman–Crippen MR) is 127 cm³/mol. The van der Waals surface area contributed by atoms with Gasteiger partial charge in [0.05, 0.1) is 17.3 Å². The Morgan fingerprint density at radius 1 is 1.06 bits per heavy atom.